The summed E-state index contributed by atoms with van der Waals surface area (Å²) in [5, 5.41) is 12.8. The Hall–Kier alpha value is -3.49. The standard InChI is InChI=1S/C29H32F3N3O6S2/c1-3-4-19-5-7-20(8-6-19)17-33-27(36)24-15-21(16-25-34-18(2)26(42-25)28(37)38)13-14-35(24)43(39,40)23-11-9-22(10-12-23)41-29(30,31)32/h5-12,21,24H,3-4,13-17H2,1-2H3,(H,33,36)(H,37,38)/t21-,24+/m0/s1. The number of aryl methyl sites for hydroxylation is 2. The number of aromatic carboxylic acids is 1. The number of piperidine rings is 1. The first-order valence-corrected chi connectivity index (χ1v) is 15.9. The number of nitrogens with one attached hydrogen (secondary N) is 1. The van der Waals surface area contributed by atoms with E-state index in [0.29, 0.717) is 23.5 Å². The fraction of sp³-hybridized carbons (Fsp3) is 0.414. The molecule has 0 radical (unpaired) electrons. The van der Waals surface area contributed by atoms with Crippen LogP contribution in [0.1, 0.15) is 57.7 Å². The number of carboxylic acids is 1. The molecule has 9 nitrogen and oxygen atoms in total. The second kappa shape index (κ2) is 13.4. The van der Waals surface area contributed by atoms with Crippen molar-refractivity contribution in [2.75, 3.05) is 6.54 Å². The van der Waals surface area contributed by atoms with Gasteiger partial charge in [-0.2, -0.15) is 4.31 Å². The van der Waals surface area contributed by atoms with Crippen molar-refractivity contribution in [1.82, 2.24) is 14.6 Å². The van der Waals surface area contributed by atoms with E-state index >= 15 is 0 Å². The predicted octanol–water partition coefficient (Wildman–Crippen LogP) is 5.33. The van der Waals surface area contributed by atoms with Gasteiger partial charge in [0.1, 0.15) is 16.7 Å². The number of carbonyl (C=O) groups excluding carboxylic acids is 1. The van der Waals surface area contributed by atoms with Crippen molar-refractivity contribution >= 4 is 33.2 Å². The van der Waals surface area contributed by atoms with Gasteiger partial charge in [-0.05, 0) is 67.5 Å². The van der Waals surface area contributed by atoms with E-state index in [2.05, 4.69) is 22.0 Å². The number of aromatic nitrogens is 1. The van der Waals surface area contributed by atoms with Crippen LogP contribution < -0.4 is 10.1 Å². The molecule has 2 heterocycles. The topological polar surface area (TPSA) is 126 Å². The van der Waals surface area contributed by atoms with Crippen molar-refractivity contribution < 1.29 is 41.0 Å². The summed E-state index contributed by atoms with van der Waals surface area (Å²) >= 11 is 1.06. The predicted molar refractivity (Wildman–Crippen MR) is 153 cm³/mol. The summed E-state index contributed by atoms with van der Waals surface area (Å²) in [7, 11) is -4.28. The van der Waals surface area contributed by atoms with E-state index in [1.54, 1.807) is 6.92 Å². The van der Waals surface area contributed by atoms with E-state index in [-0.39, 0.29) is 35.2 Å². The lowest BCUT2D eigenvalue weighted by atomic mass is 9.89. The normalized spacial score (nSPS) is 17.9. The smallest absolute Gasteiger partial charge is 0.477 e. The summed E-state index contributed by atoms with van der Waals surface area (Å²) in [5.41, 5.74) is 2.40. The van der Waals surface area contributed by atoms with E-state index in [0.717, 1.165) is 58.3 Å². The van der Waals surface area contributed by atoms with Gasteiger partial charge < -0.3 is 15.2 Å². The molecule has 43 heavy (non-hydrogen) atoms. The number of carboxylic acid groups (broad SMARTS) is 1. The highest BCUT2D eigenvalue weighted by molar-refractivity contribution is 7.89. The Kier molecular flexibility index (Phi) is 10.1. The summed E-state index contributed by atoms with van der Waals surface area (Å²) in [6, 6.07) is 10.5. The number of halogens is 3. The first kappa shape index (κ1) is 32.4. The van der Waals surface area contributed by atoms with E-state index in [9.17, 15) is 36.3 Å². The van der Waals surface area contributed by atoms with Crippen LogP contribution in [-0.2, 0) is 34.2 Å². The molecule has 2 atom stereocenters. The second-order valence-corrected chi connectivity index (χ2v) is 13.3. The maximum absolute atomic E-state index is 13.7. The summed E-state index contributed by atoms with van der Waals surface area (Å²) < 4.78 is 70.0. The minimum atomic E-state index is -4.93. The number of alkyl halides is 3. The fourth-order valence-corrected chi connectivity index (χ4v) is 7.71. The molecule has 1 aliphatic rings. The van der Waals surface area contributed by atoms with Gasteiger partial charge in [0, 0.05) is 19.5 Å². The molecule has 1 aliphatic heterocycles. The quantitative estimate of drug-likeness (QED) is 0.291. The van der Waals surface area contributed by atoms with E-state index < -0.39 is 40.1 Å². The van der Waals surface area contributed by atoms with Crippen LogP contribution >= 0.6 is 11.3 Å². The number of nitrogens with zero attached hydrogens (tertiary/aromatic N) is 2. The van der Waals surface area contributed by atoms with Crippen LogP contribution in [0, 0.1) is 12.8 Å². The van der Waals surface area contributed by atoms with Gasteiger partial charge in [-0.15, -0.1) is 24.5 Å². The van der Waals surface area contributed by atoms with Gasteiger partial charge in [-0.1, -0.05) is 37.6 Å². The summed E-state index contributed by atoms with van der Waals surface area (Å²) in [6.07, 6.45) is -2.10. The summed E-state index contributed by atoms with van der Waals surface area (Å²) in [4.78, 5) is 29.2. The number of thiazole rings is 1. The lowest BCUT2D eigenvalue weighted by Crippen LogP contribution is -2.53. The molecule has 14 heteroatoms. The molecule has 1 saturated heterocycles. The highest BCUT2D eigenvalue weighted by Gasteiger charge is 2.41. The van der Waals surface area contributed by atoms with E-state index in [1.165, 1.54) is 5.56 Å². The van der Waals surface area contributed by atoms with Crippen LogP contribution in [0.25, 0.3) is 0 Å². The molecule has 0 bridgehead atoms. The maximum Gasteiger partial charge on any atom is 0.573 e. The third-order valence-corrected chi connectivity index (χ3v) is 10.2. The van der Waals surface area contributed by atoms with Gasteiger partial charge >= 0.3 is 12.3 Å². The number of rotatable bonds is 11. The number of amides is 1. The minimum absolute atomic E-state index is 0.0201. The van der Waals surface area contributed by atoms with Gasteiger partial charge in [0.05, 0.1) is 15.6 Å². The molecule has 4 rings (SSSR count). The van der Waals surface area contributed by atoms with Crippen molar-refractivity contribution in [2.24, 2.45) is 5.92 Å². The first-order chi connectivity index (χ1) is 20.3. The zero-order valence-corrected chi connectivity index (χ0v) is 25.2. The molecule has 1 amide bonds. The van der Waals surface area contributed by atoms with Gasteiger partial charge in [0.15, 0.2) is 0 Å². The third kappa shape index (κ3) is 8.33. The lowest BCUT2D eigenvalue weighted by Gasteiger charge is -2.37. The minimum Gasteiger partial charge on any atom is -0.477 e. The molecule has 1 fully saturated rings. The molecule has 0 saturated carbocycles. The number of benzene rings is 2. The number of hydrogen-bond acceptors (Lipinski definition) is 7. The fourth-order valence-electron chi connectivity index (χ4n) is 5.08. The zero-order chi connectivity index (χ0) is 31.4. The average molecular weight is 640 g/mol. The number of ether oxygens (including phenoxy) is 1. The van der Waals surface area contributed by atoms with Crippen molar-refractivity contribution in [2.45, 2.75) is 69.8 Å². The molecule has 1 aromatic heterocycles. The number of carbonyl (C=O) groups is 2. The van der Waals surface area contributed by atoms with Crippen LogP contribution in [0.3, 0.4) is 0 Å². The van der Waals surface area contributed by atoms with Crippen LogP contribution in [0.15, 0.2) is 53.4 Å². The number of sulfonamides is 1. The molecule has 2 N–H and O–H groups in total. The van der Waals surface area contributed by atoms with Gasteiger partial charge in [-0.25, -0.2) is 18.2 Å². The molecular formula is C29H32F3N3O6S2. The molecular weight excluding hydrogens is 607 g/mol. The molecule has 3 aromatic rings. The monoisotopic (exact) mass is 639 g/mol. The van der Waals surface area contributed by atoms with Crippen LogP contribution in [0.4, 0.5) is 13.2 Å². The first-order valence-electron chi connectivity index (χ1n) is 13.7. The van der Waals surface area contributed by atoms with Crippen molar-refractivity contribution in [3.8, 4) is 5.75 Å². The Morgan fingerprint density at radius 3 is 2.35 bits per heavy atom. The van der Waals surface area contributed by atoms with Gasteiger partial charge in [0.2, 0.25) is 15.9 Å². The number of hydrogen-bond donors (Lipinski definition) is 2. The molecule has 2 aromatic carbocycles. The Morgan fingerprint density at radius 2 is 1.77 bits per heavy atom. The van der Waals surface area contributed by atoms with E-state index in [4.69, 9.17) is 0 Å². The molecule has 0 aliphatic carbocycles. The summed E-state index contributed by atoms with van der Waals surface area (Å²) in [5.74, 6) is -2.31. The maximum atomic E-state index is 13.7. The highest BCUT2D eigenvalue weighted by Crippen LogP contribution is 2.33. The van der Waals surface area contributed by atoms with Crippen LogP contribution in [0.5, 0.6) is 5.75 Å². The Bertz CT molecular complexity index is 1540. The van der Waals surface area contributed by atoms with Crippen LogP contribution in [-0.4, -0.2) is 53.6 Å². The van der Waals surface area contributed by atoms with E-state index in [1.807, 2.05) is 24.3 Å². The summed E-state index contributed by atoms with van der Waals surface area (Å²) in [6.45, 7) is 3.84. The third-order valence-electron chi connectivity index (χ3n) is 7.16. The van der Waals surface area contributed by atoms with Crippen molar-refractivity contribution in [1.29, 1.82) is 0 Å². The average Bonchev–Trinajstić information content (AvgIpc) is 3.32. The van der Waals surface area contributed by atoms with Gasteiger partial charge in [0.25, 0.3) is 0 Å². The largest absolute Gasteiger partial charge is 0.573 e. The van der Waals surface area contributed by atoms with Crippen LogP contribution in [0.2, 0.25) is 0 Å². The Balaban J connectivity index is 1.55. The zero-order valence-electron chi connectivity index (χ0n) is 23.6. The SMILES string of the molecule is CCCc1ccc(CNC(=O)[C@H]2C[C@@H](Cc3nc(C)c(C(=O)O)s3)CCN2S(=O)(=O)c2ccc(OC(F)(F)F)cc2)cc1. The van der Waals surface area contributed by atoms with Crippen molar-refractivity contribution in [3.05, 3.63) is 75.2 Å². The van der Waals surface area contributed by atoms with Crippen molar-refractivity contribution in [3.63, 3.8) is 0 Å². The molecule has 0 spiro atoms. The molecule has 232 valence electrons. The Morgan fingerprint density at radius 1 is 1.12 bits per heavy atom. The highest BCUT2D eigenvalue weighted by atomic mass is 32.2. The second-order valence-electron chi connectivity index (χ2n) is 10.4. The van der Waals surface area contributed by atoms with Gasteiger partial charge in [-0.3, -0.25) is 4.79 Å². The Labute approximate surface area is 251 Å². The molecule has 0 unspecified atom stereocenters. The lowest BCUT2D eigenvalue weighted by molar-refractivity contribution is -0.274.